The van der Waals surface area contributed by atoms with Crippen LogP contribution in [-0.4, -0.2) is 11.8 Å². The van der Waals surface area contributed by atoms with Gasteiger partial charge in [0, 0.05) is 12.3 Å². The second-order valence-electron chi connectivity index (χ2n) is 4.21. The summed E-state index contributed by atoms with van der Waals surface area (Å²) in [4.78, 5) is 11.8. The normalized spacial score (nSPS) is 17.5. The molecule has 1 atom stereocenters. The number of nitriles is 2. The molecule has 1 N–H and O–H groups in total. The fourth-order valence-electron chi connectivity index (χ4n) is 2.16. The molecule has 0 saturated carbocycles. The molecule has 5 nitrogen and oxygen atoms in total. The summed E-state index contributed by atoms with van der Waals surface area (Å²) in [5, 5.41) is 29.6. The Hall–Kier alpha value is -3.14. The van der Waals surface area contributed by atoms with Crippen molar-refractivity contribution in [2.45, 2.75) is 12.3 Å². The van der Waals surface area contributed by atoms with Crippen LogP contribution in [0.4, 0.5) is 0 Å². The van der Waals surface area contributed by atoms with Crippen LogP contribution in [0.25, 0.3) is 5.41 Å². The Bertz CT molecular complexity index is 712. The Morgan fingerprint density at radius 2 is 2.00 bits per heavy atom. The first-order valence-corrected chi connectivity index (χ1v) is 5.87. The first-order chi connectivity index (χ1) is 9.71. The van der Waals surface area contributed by atoms with Crippen molar-refractivity contribution >= 4 is 11.8 Å². The van der Waals surface area contributed by atoms with Gasteiger partial charge >= 0.3 is 0 Å². The summed E-state index contributed by atoms with van der Waals surface area (Å²) in [6.07, 6.45) is 0.126. The zero-order valence-electron chi connectivity index (χ0n) is 10.4. The summed E-state index contributed by atoms with van der Waals surface area (Å²) in [6, 6.07) is 12.8. The van der Waals surface area contributed by atoms with E-state index in [0.717, 1.165) is 5.56 Å². The molecule has 0 aliphatic carbocycles. The summed E-state index contributed by atoms with van der Waals surface area (Å²) < 4.78 is 0. The summed E-state index contributed by atoms with van der Waals surface area (Å²) in [7, 11) is 0. The van der Waals surface area contributed by atoms with Crippen LogP contribution in [0.5, 0.6) is 0 Å². The minimum absolute atomic E-state index is 0.0302. The largest absolute Gasteiger partial charge is 0.762 e. The highest BCUT2D eigenvalue weighted by Crippen LogP contribution is 2.33. The molecule has 0 spiro atoms. The maximum atomic E-state index is 11.8. The maximum absolute atomic E-state index is 11.8. The van der Waals surface area contributed by atoms with Gasteiger partial charge in [-0.2, -0.15) is 10.5 Å². The van der Waals surface area contributed by atoms with Crippen LogP contribution in [0.3, 0.4) is 0 Å². The minimum atomic E-state index is -0.429. The first kappa shape index (κ1) is 13.3. The zero-order valence-corrected chi connectivity index (χ0v) is 10.4. The lowest BCUT2D eigenvalue weighted by Gasteiger charge is -2.25. The lowest BCUT2D eigenvalue weighted by atomic mass is 9.84. The standard InChI is InChI=1S/C15H9N4O/c16-7-11(8-17)15-13(9-18)12(6-14(20)19-15)10-4-2-1-3-5-10/h1-5,12H,6H2,(H,19,20)/q-1. The number of rotatable bonds is 2. The van der Waals surface area contributed by atoms with Crippen LogP contribution in [0, 0.1) is 22.7 Å². The van der Waals surface area contributed by atoms with Gasteiger partial charge in [0.2, 0.25) is 5.91 Å². The van der Waals surface area contributed by atoms with Crippen molar-refractivity contribution in [3.05, 3.63) is 58.1 Å². The van der Waals surface area contributed by atoms with Crippen molar-refractivity contribution in [3.8, 4) is 12.1 Å². The van der Waals surface area contributed by atoms with Gasteiger partial charge in [0.1, 0.15) is 6.07 Å². The number of hydrogen-bond acceptors (Lipinski definition) is 3. The molecule has 20 heavy (non-hydrogen) atoms. The van der Waals surface area contributed by atoms with Crippen molar-refractivity contribution in [2.75, 3.05) is 0 Å². The molecule has 96 valence electrons. The zero-order chi connectivity index (χ0) is 14.5. The van der Waals surface area contributed by atoms with Crippen LogP contribution < -0.4 is 5.32 Å². The van der Waals surface area contributed by atoms with Gasteiger partial charge in [-0.15, -0.1) is 0 Å². The lowest BCUT2D eigenvalue weighted by Crippen LogP contribution is -2.32. The number of amides is 1. The van der Waals surface area contributed by atoms with Gasteiger partial charge < -0.3 is 10.7 Å². The number of nitrogens with one attached hydrogen (secondary N) is 1. The fourth-order valence-corrected chi connectivity index (χ4v) is 2.16. The van der Waals surface area contributed by atoms with E-state index in [1.54, 1.807) is 11.9 Å². The van der Waals surface area contributed by atoms with E-state index >= 15 is 0 Å². The van der Waals surface area contributed by atoms with Crippen molar-refractivity contribution < 1.29 is 4.79 Å². The number of allylic oxidation sites excluding steroid dienone is 2. The van der Waals surface area contributed by atoms with Gasteiger partial charge in [-0.05, 0) is 5.56 Å². The highest BCUT2D eigenvalue weighted by atomic mass is 16.1. The average Bonchev–Trinajstić information content (AvgIpc) is 2.49. The maximum Gasteiger partial charge on any atom is 0.225 e. The molecule has 0 aromatic heterocycles. The molecule has 0 radical (unpaired) electrons. The molecule has 2 rings (SSSR count). The van der Waals surface area contributed by atoms with Gasteiger partial charge in [0.25, 0.3) is 0 Å². The van der Waals surface area contributed by atoms with Crippen LogP contribution in [-0.2, 0) is 4.79 Å². The SMILES string of the molecule is N#CC(=C=[N-])C1=C(C#N)C(c2ccccc2)CC(=O)N1. The van der Waals surface area contributed by atoms with Gasteiger partial charge in [-0.3, -0.25) is 4.79 Å². The Morgan fingerprint density at radius 3 is 2.55 bits per heavy atom. The summed E-state index contributed by atoms with van der Waals surface area (Å²) >= 11 is 0. The lowest BCUT2D eigenvalue weighted by molar-refractivity contribution is -0.120. The number of hydrogen-bond donors (Lipinski definition) is 1. The molecule has 1 aliphatic heterocycles. The average molecular weight is 261 g/mol. The van der Waals surface area contributed by atoms with E-state index in [1.165, 1.54) is 0 Å². The Balaban J connectivity index is 2.62. The third-order valence-corrected chi connectivity index (χ3v) is 3.07. The van der Waals surface area contributed by atoms with Crippen molar-refractivity contribution in [1.82, 2.24) is 5.32 Å². The third kappa shape index (κ3) is 2.35. The molecule has 0 fully saturated rings. The molecule has 1 aromatic rings. The number of benzene rings is 1. The second-order valence-corrected chi connectivity index (χ2v) is 4.21. The molecule has 1 amide bonds. The minimum Gasteiger partial charge on any atom is -0.762 e. The molecular weight excluding hydrogens is 252 g/mol. The Labute approximate surface area is 116 Å². The fraction of sp³-hybridized carbons (Fsp3) is 0.133. The smallest absolute Gasteiger partial charge is 0.225 e. The predicted molar refractivity (Wildman–Crippen MR) is 72.1 cm³/mol. The van der Waals surface area contributed by atoms with Gasteiger partial charge in [-0.25, -0.2) is 5.87 Å². The molecule has 0 bridgehead atoms. The molecule has 5 heteroatoms. The summed E-state index contributed by atoms with van der Waals surface area (Å²) in [5.74, 6) is 0.972. The van der Waals surface area contributed by atoms with Gasteiger partial charge in [0.15, 0.2) is 0 Å². The number of nitrogens with zero attached hydrogens (tertiary/aromatic N) is 3. The van der Waals surface area contributed by atoms with E-state index in [0.29, 0.717) is 0 Å². The van der Waals surface area contributed by atoms with Crippen LogP contribution in [0.1, 0.15) is 17.9 Å². The van der Waals surface area contributed by atoms with Crippen molar-refractivity contribution in [2.24, 2.45) is 0 Å². The van der Waals surface area contributed by atoms with Crippen molar-refractivity contribution in [1.29, 1.82) is 10.5 Å². The first-order valence-electron chi connectivity index (χ1n) is 5.87. The molecule has 1 heterocycles. The van der Waals surface area contributed by atoms with E-state index in [2.05, 4.69) is 5.32 Å². The van der Waals surface area contributed by atoms with Crippen LogP contribution in [0.2, 0.25) is 0 Å². The highest BCUT2D eigenvalue weighted by molar-refractivity contribution is 5.86. The molecular formula is C15H9N4O-. The number of carbonyl (C=O) groups is 1. The van der Waals surface area contributed by atoms with Crippen LogP contribution in [0.15, 0.2) is 47.2 Å². The second kappa shape index (κ2) is 5.67. The van der Waals surface area contributed by atoms with E-state index < -0.39 is 5.92 Å². The van der Waals surface area contributed by atoms with E-state index in [9.17, 15) is 10.1 Å². The topological polar surface area (TPSA) is 99.0 Å². The molecule has 1 unspecified atom stereocenters. The summed E-state index contributed by atoms with van der Waals surface area (Å²) in [6.45, 7) is 0. The Morgan fingerprint density at radius 1 is 1.30 bits per heavy atom. The van der Waals surface area contributed by atoms with Gasteiger partial charge in [0.05, 0.1) is 22.9 Å². The van der Waals surface area contributed by atoms with Crippen LogP contribution >= 0.6 is 0 Å². The van der Waals surface area contributed by atoms with Gasteiger partial charge in [-0.1, -0.05) is 30.3 Å². The number of carbonyl (C=O) groups excluding carboxylic acids is 1. The molecule has 0 saturated heterocycles. The molecule has 1 aromatic carbocycles. The third-order valence-electron chi connectivity index (χ3n) is 3.07. The summed E-state index contributed by atoms with van der Waals surface area (Å²) in [5.41, 5.74) is 0.832. The quantitative estimate of drug-likeness (QED) is 0.648. The molecule has 1 aliphatic rings. The monoisotopic (exact) mass is 261 g/mol. The van der Waals surface area contributed by atoms with E-state index in [1.807, 2.05) is 36.4 Å². The highest BCUT2D eigenvalue weighted by Gasteiger charge is 2.30. The Kier molecular flexibility index (Phi) is 3.77. The van der Waals surface area contributed by atoms with E-state index in [4.69, 9.17) is 10.7 Å². The van der Waals surface area contributed by atoms with Crippen molar-refractivity contribution in [3.63, 3.8) is 0 Å². The van der Waals surface area contributed by atoms with E-state index in [-0.39, 0.29) is 29.2 Å². The predicted octanol–water partition coefficient (Wildman–Crippen LogP) is 1.76.